The topological polar surface area (TPSA) is 20.2 Å². The van der Waals surface area contributed by atoms with Crippen LogP contribution in [0.2, 0.25) is 5.02 Å². The first-order valence-corrected chi connectivity index (χ1v) is 8.00. The molecule has 0 amide bonds. The largest absolute Gasteiger partial charge is 0.508 e. The van der Waals surface area contributed by atoms with Crippen LogP contribution in [-0.4, -0.2) is 5.11 Å². The van der Waals surface area contributed by atoms with Gasteiger partial charge in [-0.25, -0.2) is 0 Å². The first-order valence-electron chi connectivity index (χ1n) is 5.82. The molecule has 1 N–H and O–H groups in total. The zero-order valence-corrected chi connectivity index (χ0v) is 12.4. The third-order valence-electron chi connectivity index (χ3n) is 2.81. The Morgan fingerprint density at radius 3 is 2.53 bits per heavy atom. The van der Waals surface area contributed by atoms with Gasteiger partial charge in [0.1, 0.15) is 5.75 Å². The van der Waals surface area contributed by atoms with Gasteiger partial charge in [0, 0.05) is 25.6 Å². The Labute approximate surface area is 124 Å². The minimum absolute atomic E-state index is 0.296. The molecule has 0 aliphatic heterocycles. The molecule has 1 aromatic heterocycles. The summed E-state index contributed by atoms with van der Waals surface area (Å²) in [5.74, 6) is 1.15. The zero-order chi connectivity index (χ0) is 13.2. The van der Waals surface area contributed by atoms with E-state index < -0.39 is 0 Å². The predicted molar refractivity (Wildman–Crippen MR) is 84.5 cm³/mol. The van der Waals surface area contributed by atoms with E-state index in [1.54, 1.807) is 35.2 Å². The smallest absolute Gasteiger partial charge is 0.115 e. The SMILES string of the molecule is Oc1ccc(SCc2sc3ccccc3c2Cl)cc1. The number of hydrogen-bond donors (Lipinski definition) is 1. The molecule has 0 aliphatic carbocycles. The van der Waals surface area contributed by atoms with Crippen molar-refractivity contribution in [2.45, 2.75) is 10.6 Å². The highest BCUT2D eigenvalue weighted by molar-refractivity contribution is 7.98. The minimum Gasteiger partial charge on any atom is -0.508 e. The summed E-state index contributed by atoms with van der Waals surface area (Å²) < 4.78 is 1.23. The minimum atomic E-state index is 0.296. The third kappa shape index (κ3) is 2.73. The number of fused-ring (bicyclic) bond motifs is 1. The summed E-state index contributed by atoms with van der Waals surface area (Å²) in [6.07, 6.45) is 0. The molecule has 0 aliphatic rings. The van der Waals surface area contributed by atoms with E-state index in [0.717, 1.165) is 21.1 Å². The average molecular weight is 307 g/mol. The van der Waals surface area contributed by atoms with Crippen molar-refractivity contribution in [1.29, 1.82) is 0 Å². The van der Waals surface area contributed by atoms with Crippen LogP contribution in [0.4, 0.5) is 0 Å². The number of hydrogen-bond acceptors (Lipinski definition) is 3. The maximum absolute atomic E-state index is 9.25. The van der Waals surface area contributed by atoms with Crippen LogP contribution in [0.1, 0.15) is 4.88 Å². The quantitative estimate of drug-likeness (QED) is 0.640. The summed E-state index contributed by atoms with van der Waals surface area (Å²) in [5, 5.41) is 11.3. The van der Waals surface area contributed by atoms with Crippen molar-refractivity contribution >= 4 is 44.8 Å². The van der Waals surface area contributed by atoms with Crippen molar-refractivity contribution in [1.82, 2.24) is 0 Å². The Morgan fingerprint density at radius 2 is 1.79 bits per heavy atom. The molecule has 0 bridgehead atoms. The summed E-state index contributed by atoms with van der Waals surface area (Å²) in [4.78, 5) is 2.33. The lowest BCUT2D eigenvalue weighted by molar-refractivity contribution is 0.475. The molecule has 0 atom stereocenters. The third-order valence-corrected chi connectivity index (χ3v) is 5.74. The molecule has 0 radical (unpaired) electrons. The van der Waals surface area contributed by atoms with E-state index in [2.05, 4.69) is 12.1 Å². The van der Waals surface area contributed by atoms with Crippen molar-refractivity contribution in [2.75, 3.05) is 0 Å². The first-order chi connectivity index (χ1) is 9.24. The van der Waals surface area contributed by atoms with Crippen LogP contribution in [0.15, 0.2) is 53.4 Å². The number of benzene rings is 2. The number of halogens is 1. The molecule has 0 spiro atoms. The summed E-state index contributed by atoms with van der Waals surface area (Å²) in [6.45, 7) is 0. The Hall–Kier alpha value is -1.16. The molecule has 19 heavy (non-hydrogen) atoms. The molecule has 3 aromatic rings. The molecule has 96 valence electrons. The molecule has 4 heteroatoms. The summed E-state index contributed by atoms with van der Waals surface area (Å²) in [5.41, 5.74) is 0. The summed E-state index contributed by atoms with van der Waals surface area (Å²) in [7, 11) is 0. The lowest BCUT2D eigenvalue weighted by atomic mass is 10.2. The van der Waals surface area contributed by atoms with E-state index in [-0.39, 0.29) is 0 Å². The average Bonchev–Trinajstić information content (AvgIpc) is 2.76. The molecule has 0 saturated carbocycles. The standard InChI is InChI=1S/C15H11ClOS2/c16-15-12-3-1-2-4-13(12)19-14(15)9-18-11-7-5-10(17)6-8-11/h1-8,17H,9H2. The van der Waals surface area contributed by atoms with Crippen LogP contribution in [0, 0.1) is 0 Å². The highest BCUT2D eigenvalue weighted by Crippen LogP contribution is 2.38. The van der Waals surface area contributed by atoms with Gasteiger partial charge in [-0.1, -0.05) is 29.8 Å². The first kappa shape index (κ1) is 12.9. The Balaban J connectivity index is 1.82. The summed E-state index contributed by atoms with van der Waals surface area (Å²) >= 11 is 9.88. The normalized spacial score (nSPS) is 11.0. The Kier molecular flexibility index (Phi) is 3.69. The maximum Gasteiger partial charge on any atom is 0.115 e. The number of rotatable bonds is 3. The molecule has 0 fully saturated rings. The zero-order valence-electron chi connectivity index (χ0n) is 9.97. The van der Waals surface area contributed by atoms with Crippen LogP contribution >= 0.6 is 34.7 Å². The van der Waals surface area contributed by atoms with Gasteiger partial charge in [0.05, 0.1) is 5.02 Å². The van der Waals surface area contributed by atoms with Crippen molar-refractivity contribution < 1.29 is 5.11 Å². The molecule has 1 nitrogen and oxygen atoms in total. The highest BCUT2D eigenvalue weighted by atomic mass is 35.5. The van der Waals surface area contributed by atoms with E-state index >= 15 is 0 Å². The number of phenolic OH excluding ortho intramolecular Hbond substituents is 1. The van der Waals surface area contributed by atoms with Gasteiger partial charge in [0.2, 0.25) is 0 Å². The summed E-state index contributed by atoms with van der Waals surface area (Å²) in [6, 6.07) is 15.4. The van der Waals surface area contributed by atoms with Crippen LogP contribution < -0.4 is 0 Å². The molecule has 0 unspecified atom stereocenters. The van der Waals surface area contributed by atoms with Crippen molar-refractivity contribution in [3.63, 3.8) is 0 Å². The molecular weight excluding hydrogens is 296 g/mol. The van der Waals surface area contributed by atoms with Gasteiger partial charge in [0.25, 0.3) is 0 Å². The van der Waals surface area contributed by atoms with E-state index in [1.807, 2.05) is 24.3 Å². The van der Waals surface area contributed by atoms with E-state index in [1.165, 1.54) is 9.58 Å². The van der Waals surface area contributed by atoms with Gasteiger partial charge in [-0.15, -0.1) is 23.1 Å². The van der Waals surface area contributed by atoms with Crippen LogP contribution in [-0.2, 0) is 5.75 Å². The van der Waals surface area contributed by atoms with E-state index in [0.29, 0.717) is 5.75 Å². The molecule has 1 heterocycles. The van der Waals surface area contributed by atoms with Gasteiger partial charge < -0.3 is 5.11 Å². The van der Waals surface area contributed by atoms with Gasteiger partial charge in [-0.3, -0.25) is 0 Å². The second-order valence-electron chi connectivity index (χ2n) is 4.12. The Morgan fingerprint density at radius 1 is 1.05 bits per heavy atom. The second-order valence-corrected chi connectivity index (χ2v) is 6.68. The van der Waals surface area contributed by atoms with Crippen LogP contribution in [0.5, 0.6) is 5.75 Å². The number of aromatic hydroxyl groups is 1. The molecule has 3 rings (SSSR count). The number of thiophene rings is 1. The predicted octanol–water partition coefficient (Wildman–Crippen LogP) is 5.55. The van der Waals surface area contributed by atoms with Crippen molar-refractivity contribution in [3.05, 3.63) is 58.4 Å². The molecule has 0 saturated heterocycles. The lowest BCUT2D eigenvalue weighted by Gasteiger charge is -2.00. The van der Waals surface area contributed by atoms with Crippen molar-refractivity contribution in [3.8, 4) is 5.75 Å². The Bertz CT molecular complexity index is 704. The van der Waals surface area contributed by atoms with Gasteiger partial charge in [-0.05, 0) is 30.3 Å². The lowest BCUT2D eigenvalue weighted by Crippen LogP contribution is -1.76. The van der Waals surface area contributed by atoms with Crippen molar-refractivity contribution in [2.24, 2.45) is 0 Å². The monoisotopic (exact) mass is 306 g/mol. The van der Waals surface area contributed by atoms with Gasteiger partial charge in [-0.2, -0.15) is 0 Å². The number of thioether (sulfide) groups is 1. The van der Waals surface area contributed by atoms with E-state index in [4.69, 9.17) is 11.6 Å². The van der Waals surface area contributed by atoms with Crippen LogP contribution in [0.25, 0.3) is 10.1 Å². The van der Waals surface area contributed by atoms with Crippen LogP contribution in [0.3, 0.4) is 0 Å². The fraction of sp³-hybridized carbons (Fsp3) is 0.0667. The fourth-order valence-corrected chi connectivity index (χ4v) is 4.41. The fourth-order valence-electron chi connectivity index (χ4n) is 1.85. The molecule has 2 aromatic carbocycles. The van der Waals surface area contributed by atoms with E-state index in [9.17, 15) is 5.11 Å². The number of phenols is 1. The second kappa shape index (κ2) is 5.45. The van der Waals surface area contributed by atoms with Gasteiger partial charge in [0.15, 0.2) is 0 Å². The molecular formula is C15H11ClOS2. The highest BCUT2D eigenvalue weighted by Gasteiger charge is 2.09. The maximum atomic E-state index is 9.25. The van der Waals surface area contributed by atoms with Gasteiger partial charge >= 0.3 is 0 Å².